The maximum absolute atomic E-state index is 12.6. The van der Waals surface area contributed by atoms with Gasteiger partial charge in [0.2, 0.25) is 0 Å². The number of methoxy groups -OCH3 is 1. The first-order valence-electron chi connectivity index (χ1n) is 4.69. The van der Waals surface area contributed by atoms with Crippen molar-refractivity contribution >= 4 is 0 Å². The van der Waals surface area contributed by atoms with Gasteiger partial charge in [0.05, 0.1) is 6.10 Å². The topological polar surface area (TPSA) is 29.5 Å². The molecule has 0 radical (unpaired) electrons. The minimum absolute atomic E-state index is 0.312. The number of alkyl halides is 3. The number of rotatable bonds is 1. The molecule has 2 saturated carbocycles. The van der Waals surface area contributed by atoms with Gasteiger partial charge in [-0.15, -0.1) is 0 Å². The lowest BCUT2D eigenvalue weighted by Gasteiger charge is -2.65. The lowest BCUT2D eigenvalue weighted by Crippen LogP contribution is -2.75. The molecule has 2 aliphatic rings. The van der Waals surface area contributed by atoms with Crippen LogP contribution in [0, 0.1) is 5.41 Å². The van der Waals surface area contributed by atoms with E-state index in [1.807, 2.05) is 0 Å². The predicted molar refractivity (Wildman–Crippen MR) is 42.7 cm³/mol. The summed E-state index contributed by atoms with van der Waals surface area (Å²) in [6, 6.07) is 0. The summed E-state index contributed by atoms with van der Waals surface area (Å²) in [5.41, 5.74) is -3.54. The number of hydrogen-bond acceptors (Lipinski definition) is 2. The zero-order chi connectivity index (χ0) is 10.6. The van der Waals surface area contributed by atoms with E-state index in [1.165, 1.54) is 7.11 Å². The Morgan fingerprint density at radius 3 is 2.21 bits per heavy atom. The zero-order valence-electron chi connectivity index (χ0n) is 7.90. The van der Waals surface area contributed by atoms with Gasteiger partial charge < -0.3 is 9.84 Å². The standard InChI is InChI=1S/C9H13F3O2/c1-14-6-5-8(13,9(10,11)12)7(6)3-2-4-7/h6,13H,2-5H2,1H3. The fourth-order valence-corrected chi connectivity index (χ4v) is 2.80. The first-order valence-corrected chi connectivity index (χ1v) is 4.69. The minimum atomic E-state index is -4.53. The number of hydrogen-bond donors (Lipinski definition) is 1. The first-order chi connectivity index (χ1) is 6.37. The third-order valence-electron chi connectivity index (χ3n) is 3.92. The Kier molecular flexibility index (Phi) is 1.93. The van der Waals surface area contributed by atoms with E-state index in [0.717, 1.165) is 6.42 Å². The van der Waals surface area contributed by atoms with Gasteiger partial charge in [0.25, 0.3) is 0 Å². The summed E-state index contributed by atoms with van der Waals surface area (Å²) < 4.78 is 42.8. The van der Waals surface area contributed by atoms with Crippen LogP contribution < -0.4 is 0 Å². The molecule has 0 amide bonds. The number of ether oxygens (including phenoxy) is 1. The van der Waals surface area contributed by atoms with Crippen LogP contribution in [0.5, 0.6) is 0 Å². The lowest BCUT2D eigenvalue weighted by molar-refractivity contribution is -0.390. The van der Waals surface area contributed by atoms with Crippen molar-refractivity contribution < 1.29 is 23.0 Å². The normalized spacial score (nSPS) is 40.5. The third-order valence-corrected chi connectivity index (χ3v) is 3.92. The molecule has 0 heterocycles. The summed E-state index contributed by atoms with van der Waals surface area (Å²) in [7, 11) is 1.40. The summed E-state index contributed by atoms with van der Waals surface area (Å²) in [4.78, 5) is 0. The van der Waals surface area contributed by atoms with Crippen molar-refractivity contribution in [3.05, 3.63) is 0 Å². The molecule has 0 aromatic carbocycles. The fraction of sp³-hybridized carbons (Fsp3) is 1.00. The van der Waals surface area contributed by atoms with Gasteiger partial charge >= 0.3 is 6.18 Å². The molecule has 5 heteroatoms. The van der Waals surface area contributed by atoms with Crippen molar-refractivity contribution in [3.63, 3.8) is 0 Å². The quantitative estimate of drug-likeness (QED) is 0.715. The summed E-state index contributed by atoms with van der Waals surface area (Å²) in [5, 5.41) is 9.61. The predicted octanol–water partition coefficient (Wildman–Crippen LogP) is 1.87. The molecule has 1 N–H and O–H groups in total. The minimum Gasteiger partial charge on any atom is -0.381 e. The molecular weight excluding hydrogens is 197 g/mol. The second kappa shape index (κ2) is 2.64. The summed E-state index contributed by atoms with van der Waals surface area (Å²) in [5.74, 6) is 0. The van der Waals surface area contributed by atoms with Crippen LogP contribution in [0.4, 0.5) is 13.2 Å². The molecule has 2 rings (SSSR count). The molecule has 0 aliphatic heterocycles. The zero-order valence-corrected chi connectivity index (χ0v) is 7.90. The van der Waals surface area contributed by atoms with Crippen molar-refractivity contribution in [1.29, 1.82) is 0 Å². The van der Waals surface area contributed by atoms with Gasteiger partial charge in [0.15, 0.2) is 5.60 Å². The van der Waals surface area contributed by atoms with Crippen LogP contribution in [0.3, 0.4) is 0 Å². The first kappa shape index (κ1) is 10.2. The molecule has 0 aromatic rings. The summed E-state index contributed by atoms with van der Waals surface area (Å²) >= 11 is 0. The average molecular weight is 210 g/mol. The molecule has 2 atom stereocenters. The van der Waals surface area contributed by atoms with Crippen LogP contribution in [0.1, 0.15) is 25.7 Å². The lowest BCUT2D eigenvalue weighted by atomic mass is 9.45. The van der Waals surface area contributed by atoms with E-state index < -0.39 is 23.3 Å². The Morgan fingerprint density at radius 1 is 1.36 bits per heavy atom. The second-order valence-corrected chi connectivity index (χ2v) is 4.30. The van der Waals surface area contributed by atoms with Gasteiger partial charge in [-0.05, 0) is 12.8 Å². The molecular formula is C9H13F3O2. The van der Waals surface area contributed by atoms with Crippen molar-refractivity contribution in [2.45, 2.75) is 43.6 Å². The van der Waals surface area contributed by atoms with Crippen molar-refractivity contribution in [2.75, 3.05) is 7.11 Å². The van der Waals surface area contributed by atoms with E-state index in [1.54, 1.807) is 0 Å². The Balaban J connectivity index is 2.24. The van der Waals surface area contributed by atoms with E-state index in [-0.39, 0.29) is 6.42 Å². The maximum atomic E-state index is 12.6. The number of halogens is 3. The molecule has 2 nitrogen and oxygen atoms in total. The van der Waals surface area contributed by atoms with E-state index in [4.69, 9.17) is 4.74 Å². The molecule has 2 unspecified atom stereocenters. The van der Waals surface area contributed by atoms with Crippen LogP contribution in [0.2, 0.25) is 0 Å². The van der Waals surface area contributed by atoms with Crippen LogP contribution >= 0.6 is 0 Å². The van der Waals surface area contributed by atoms with Crippen LogP contribution in [-0.4, -0.2) is 30.1 Å². The summed E-state index contributed by atoms with van der Waals surface area (Å²) in [6.07, 6.45) is -3.68. The van der Waals surface area contributed by atoms with Crippen molar-refractivity contribution in [2.24, 2.45) is 5.41 Å². The van der Waals surface area contributed by atoms with Gasteiger partial charge in [0.1, 0.15) is 0 Å². The smallest absolute Gasteiger partial charge is 0.381 e. The molecule has 2 fully saturated rings. The third kappa shape index (κ3) is 0.896. The molecule has 0 bridgehead atoms. The molecule has 1 spiro atoms. The van der Waals surface area contributed by atoms with E-state index in [9.17, 15) is 18.3 Å². The molecule has 0 aromatic heterocycles. The summed E-state index contributed by atoms with van der Waals surface area (Å²) in [6.45, 7) is 0. The largest absolute Gasteiger partial charge is 0.417 e. The molecule has 0 saturated heterocycles. The molecule has 14 heavy (non-hydrogen) atoms. The van der Waals surface area contributed by atoms with Gasteiger partial charge in [-0.1, -0.05) is 6.42 Å². The highest BCUT2D eigenvalue weighted by Crippen LogP contribution is 2.67. The second-order valence-electron chi connectivity index (χ2n) is 4.30. The van der Waals surface area contributed by atoms with Crippen molar-refractivity contribution in [1.82, 2.24) is 0 Å². The number of aliphatic hydroxyl groups is 1. The Hall–Kier alpha value is -0.290. The highest BCUT2D eigenvalue weighted by atomic mass is 19.4. The molecule has 82 valence electrons. The Morgan fingerprint density at radius 2 is 1.93 bits per heavy atom. The van der Waals surface area contributed by atoms with Crippen LogP contribution in [0.15, 0.2) is 0 Å². The van der Waals surface area contributed by atoms with E-state index in [0.29, 0.717) is 12.8 Å². The SMILES string of the molecule is COC1CC(O)(C(F)(F)F)C12CCC2. The Labute approximate surface area is 80.1 Å². The average Bonchev–Trinajstić information content (AvgIpc) is 1.93. The van der Waals surface area contributed by atoms with Crippen molar-refractivity contribution in [3.8, 4) is 0 Å². The van der Waals surface area contributed by atoms with Gasteiger partial charge in [-0.3, -0.25) is 0 Å². The van der Waals surface area contributed by atoms with Gasteiger partial charge in [-0.25, -0.2) is 0 Å². The van der Waals surface area contributed by atoms with Crippen LogP contribution in [0.25, 0.3) is 0 Å². The van der Waals surface area contributed by atoms with E-state index >= 15 is 0 Å². The highest BCUT2D eigenvalue weighted by molar-refractivity contribution is 5.20. The fourth-order valence-electron chi connectivity index (χ4n) is 2.80. The highest BCUT2D eigenvalue weighted by Gasteiger charge is 2.77. The van der Waals surface area contributed by atoms with Gasteiger partial charge in [-0.2, -0.15) is 13.2 Å². The van der Waals surface area contributed by atoms with Gasteiger partial charge in [0, 0.05) is 18.9 Å². The van der Waals surface area contributed by atoms with Crippen LogP contribution in [-0.2, 0) is 4.74 Å². The van der Waals surface area contributed by atoms with E-state index in [2.05, 4.69) is 0 Å². The molecule has 2 aliphatic carbocycles. The Bertz CT molecular complexity index is 247. The maximum Gasteiger partial charge on any atom is 0.417 e. The monoisotopic (exact) mass is 210 g/mol.